The van der Waals surface area contributed by atoms with Gasteiger partial charge in [0.25, 0.3) is 0 Å². The number of aliphatic carboxylic acids is 1. The van der Waals surface area contributed by atoms with Crippen molar-refractivity contribution in [1.29, 1.82) is 0 Å². The fourth-order valence-corrected chi connectivity index (χ4v) is 5.13. The lowest BCUT2D eigenvalue weighted by molar-refractivity contribution is -0.143. The molecule has 2 aliphatic rings. The summed E-state index contributed by atoms with van der Waals surface area (Å²) in [4.78, 5) is 19.0. The number of aryl methyl sites for hydroxylation is 2. The Morgan fingerprint density at radius 3 is 2.97 bits per heavy atom. The molecule has 6 heteroatoms. The highest BCUT2D eigenvalue weighted by atomic mass is 16.5. The molecule has 2 N–H and O–H groups in total. The first-order chi connectivity index (χ1) is 15.7. The predicted octanol–water partition coefficient (Wildman–Crippen LogP) is 4.70. The summed E-state index contributed by atoms with van der Waals surface area (Å²) in [5.41, 5.74) is 3.28. The summed E-state index contributed by atoms with van der Waals surface area (Å²) in [6.45, 7) is 2.69. The molecule has 172 valence electrons. The molecule has 0 radical (unpaired) electrons. The largest absolute Gasteiger partial charge is 0.496 e. The number of hydrogen-bond donors (Lipinski definition) is 2. The number of ether oxygens (including phenoxy) is 1. The molecule has 2 atom stereocenters. The van der Waals surface area contributed by atoms with Crippen LogP contribution in [0.3, 0.4) is 0 Å². The van der Waals surface area contributed by atoms with E-state index in [1.807, 2.05) is 24.3 Å². The van der Waals surface area contributed by atoms with E-state index < -0.39 is 12.0 Å². The summed E-state index contributed by atoms with van der Waals surface area (Å²) in [6, 6.07) is 11.3. The number of fused-ring (bicyclic) bond motifs is 1. The number of carboxylic acid groups (broad SMARTS) is 1. The van der Waals surface area contributed by atoms with Crippen LogP contribution >= 0.6 is 0 Å². The van der Waals surface area contributed by atoms with Crippen LogP contribution in [0, 0.1) is 5.92 Å². The van der Waals surface area contributed by atoms with Crippen molar-refractivity contribution in [2.24, 2.45) is 5.92 Å². The lowest BCUT2D eigenvalue weighted by Gasteiger charge is -2.26. The molecule has 4 rings (SSSR count). The van der Waals surface area contributed by atoms with Crippen LogP contribution in [0.5, 0.6) is 5.75 Å². The number of rotatable bonds is 10. The molecule has 6 nitrogen and oxygen atoms in total. The molecule has 0 bridgehead atoms. The van der Waals surface area contributed by atoms with Crippen LogP contribution in [0.25, 0.3) is 0 Å². The first-order valence-electron chi connectivity index (χ1n) is 12.0. The van der Waals surface area contributed by atoms with E-state index in [9.17, 15) is 9.90 Å². The van der Waals surface area contributed by atoms with E-state index >= 15 is 0 Å². The molecule has 1 aromatic heterocycles. The van der Waals surface area contributed by atoms with Crippen LogP contribution in [0.2, 0.25) is 0 Å². The lowest BCUT2D eigenvalue weighted by atomic mass is 9.99. The number of likely N-dealkylation sites (tertiary alicyclic amines) is 1. The predicted molar refractivity (Wildman–Crippen MR) is 126 cm³/mol. The van der Waals surface area contributed by atoms with Crippen molar-refractivity contribution in [3.05, 3.63) is 53.2 Å². The Kier molecular flexibility index (Phi) is 7.63. The number of aromatic nitrogens is 1. The van der Waals surface area contributed by atoms with Crippen LogP contribution in [0.1, 0.15) is 61.4 Å². The van der Waals surface area contributed by atoms with Gasteiger partial charge in [-0.2, -0.15) is 0 Å². The van der Waals surface area contributed by atoms with Crippen molar-refractivity contribution in [2.45, 2.75) is 57.4 Å². The Morgan fingerprint density at radius 1 is 1.25 bits per heavy atom. The van der Waals surface area contributed by atoms with E-state index in [4.69, 9.17) is 9.72 Å². The van der Waals surface area contributed by atoms with Crippen molar-refractivity contribution in [3.63, 3.8) is 0 Å². The average molecular weight is 438 g/mol. The lowest BCUT2D eigenvalue weighted by Crippen LogP contribution is -2.32. The SMILES string of the molecule is COc1ccccc1C(C(=O)O)N1CCC(CCCCCc2ccc3c(n2)NCCC3)C1. The minimum atomic E-state index is -0.804. The van der Waals surface area contributed by atoms with Crippen molar-refractivity contribution in [3.8, 4) is 5.75 Å². The van der Waals surface area contributed by atoms with Gasteiger partial charge < -0.3 is 15.2 Å². The maximum atomic E-state index is 12.1. The fourth-order valence-electron chi connectivity index (χ4n) is 5.13. The Bertz CT molecular complexity index is 917. The van der Waals surface area contributed by atoms with Crippen LogP contribution in [-0.2, 0) is 17.6 Å². The molecule has 2 aliphatic heterocycles. The molecule has 1 fully saturated rings. The Morgan fingerprint density at radius 2 is 2.12 bits per heavy atom. The van der Waals surface area contributed by atoms with E-state index in [1.165, 1.54) is 30.5 Å². The number of anilines is 1. The van der Waals surface area contributed by atoms with Gasteiger partial charge in [-0.3, -0.25) is 9.69 Å². The molecule has 0 saturated carbocycles. The van der Waals surface area contributed by atoms with E-state index in [0.29, 0.717) is 11.7 Å². The maximum Gasteiger partial charge on any atom is 0.325 e. The molecule has 0 aliphatic carbocycles. The van der Waals surface area contributed by atoms with Gasteiger partial charge in [-0.1, -0.05) is 37.1 Å². The van der Waals surface area contributed by atoms with Crippen molar-refractivity contribution in [2.75, 3.05) is 32.1 Å². The average Bonchev–Trinajstić information content (AvgIpc) is 3.27. The summed E-state index contributed by atoms with van der Waals surface area (Å²) in [7, 11) is 1.60. The smallest absolute Gasteiger partial charge is 0.325 e. The maximum absolute atomic E-state index is 12.1. The number of nitrogens with zero attached hydrogens (tertiary/aromatic N) is 2. The monoisotopic (exact) mass is 437 g/mol. The first-order valence-corrected chi connectivity index (χ1v) is 12.0. The Balaban J connectivity index is 1.22. The second-order valence-corrected chi connectivity index (χ2v) is 9.07. The summed E-state index contributed by atoms with van der Waals surface area (Å²) < 4.78 is 5.42. The molecule has 0 amide bonds. The molecule has 2 aromatic rings. The van der Waals surface area contributed by atoms with Crippen LogP contribution in [0.15, 0.2) is 36.4 Å². The zero-order valence-corrected chi connectivity index (χ0v) is 19.1. The zero-order chi connectivity index (χ0) is 22.3. The van der Waals surface area contributed by atoms with Gasteiger partial charge in [-0.15, -0.1) is 0 Å². The van der Waals surface area contributed by atoms with E-state index in [0.717, 1.165) is 63.1 Å². The molecule has 32 heavy (non-hydrogen) atoms. The number of nitrogens with one attached hydrogen (secondary N) is 1. The molecular weight excluding hydrogens is 402 g/mol. The minimum absolute atomic E-state index is 0.567. The molecular formula is C26H35N3O3. The second kappa shape index (κ2) is 10.8. The highest BCUT2D eigenvalue weighted by molar-refractivity contribution is 5.76. The van der Waals surface area contributed by atoms with Gasteiger partial charge in [0.1, 0.15) is 17.6 Å². The summed E-state index contributed by atoms with van der Waals surface area (Å²) in [5.74, 6) is 1.50. The summed E-state index contributed by atoms with van der Waals surface area (Å²) >= 11 is 0. The van der Waals surface area contributed by atoms with Gasteiger partial charge in [0.15, 0.2) is 0 Å². The molecule has 3 heterocycles. The minimum Gasteiger partial charge on any atom is -0.496 e. The van der Waals surface area contributed by atoms with Crippen molar-refractivity contribution >= 4 is 11.8 Å². The third-order valence-corrected chi connectivity index (χ3v) is 6.85. The molecule has 0 spiro atoms. The van der Waals surface area contributed by atoms with E-state index in [-0.39, 0.29) is 0 Å². The number of carbonyl (C=O) groups is 1. The third-order valence-electron chi connectivity index (χ3n) is 6.85. The van der Waals surface area contributed by atoms with Gasteiger partial charge in [0.2, 0.25) is 0 Å². The number of hydrogen-bond acceptors (Lipinski definition) is 5. The van der Waals surface area contributed by atoms with Crippen LogP contribution in [-0.4, -0.2) is 47.7 Å². The van der Waals surface area contributed by atoms with Crippen LogP contribution in [0.4, 0.5) is 5.82 Å². The second-order valence-electron chi connectivity index (χ2n) is 9.07. The zero-order valence-electron chi connectivity index (χ0n) is 19.1. The van der Waals surface area contributed by atoms with E-state index in [2.05, 4.69) is 22.3 Å². The number of pyridine rings is 1. The standard InChI is InChI=1S/C26H35N3O3/c1-32-23-12-6-5-11-22(23)24(26(30)31)29-17-15-19(18-29)8-3-2-4-10-21-14-13-20-9-7-16-27-25(20)28-21/h5-6,11-14,19,24H,2-4,7-10,15-18H2,1H3,(H,27,28)(H,30,31). The van der Waals surface area contributed by atoms with Gasteiger partial charge >= 0.3 is 5.97 Å². The topological polar surface area (TPSA) is 74.7 Å². The number of methoxy groups -OCH3 is 1. The summed E-state index contributed by atoms with van der Waals surface area (Å²) in [6.07, 6.45) is 9.12. The Labute approximate surface area is 191 Å². The van der Waals surface area contributed by atoms with E-state index in [1.54, 1.807) is 7.11 Å². The fraction of sp³-hybridized carbons (Fsp3) is 0.538. The number of carboxylic acids is 1. The van der Waals surface area contributed by atoms with Gasteiger partial charge in [0.05, 0.1) is 7.11 Å². The summed E-state index contributed by atoms with van der Waals surface area (Å²) in [5, 5.41) is 13.3. The van der Waals surface area contributed by atoms with Gasteiger partial charge in [-0.05, 0) is 68.7 Å². The van der Waals surface area contributed by atoms with Gasteiger partial charge in [-0.25, -0.2) is 4.98 Å². The first kappa shape index (κ1) is 22.6. The van der Waals surface area contributed by atoms with Gasteiger partial charge in [0, 0.05) is 24.3 Å². The normalized spacial score (nSPS) is 19.2. The van der Waals surface area contributed by atoms with Crippen molar-refractivity contribution in [1.82, 2.24) is 9.88 Å². The highest BCUT2D eigenvalue weighted by Gasteiger charge is 2.34. The highest BCUT2D eigenvalue weighted by Crippen LogP contribution is 2.34. The Hall–Kier alpha value is -2.60. The number of unbranched alkanes of at least 4 members (excludes halogenated alkanes) is 2. The quantitative estimate of drug-likeness (QED) is 0.525. The van der Waals surface area contributed by atoms with Crippen molar-refractivity contribution < 1.29 is 14.6 Å². The molecule has 1 aromatic carbocycles. The molecule has 2 unspecified atom stereocenters. The number of para-hydroxylation sites is 1. The third kappa shape index (κ3) is 5.41. The molecule has 1 saturated heterocycles. The number of benzene rings is 1. The van der Waals surface area contributed by atoms with Crippen LogP contribution < -0.4 is 10.1 Å².